The molecule has 3 aromatic rings. The van der Waals surface area contributed by atoms with Gasteiger partial charge in [0.2, 0.25) is 0 Å². The Hall–Kier alpha value is -2.19. The summed E-state index contributed by atoms with van der Waals surface area (Å²) in [6.45, 7) is 0. The molecule has 0 spiro atoms. The van der Waals surface area contributed by atoms with Crippen LogP contribution in [0.5, 0.6) is 0 Å². The third kappa shape index (κ3) is 2.81. The summed E-state index contributed by atoms with van der Waals surface area (Å²) in [6.07, 6.45) is 5.05. The summed E-state index contributed by atoms with van der Waals surface area (Å²) in [5.41, 5.74) is 8.38. The van der Waals surface area contributed by atoms with Crippen molar-refractivity contribution in [3.05, 3.63) is 42.2 Å². The van der Waals surface area contributed by atoms with Crippen LogP contribution >= 0.6 is 0 Å². The minimum atomic E-state index is -3.24. The molecule has 0 aliphatic heterocycles. The molecule has 0 fully saturated rings. The number of rotatable bonds is 4. The SMILES string of the molecule is CS(=O)(=O)c1ccc2nc(C(N)Cc3cnc[nH]3)[nH]c2c1. The first-order valence-corrected chi connectivity index (χ1v) is 8.25. The van der Waals surface area contributed by atoms with Crippen LogP contribution < -0.4 is 5.73 Å². The zero-order valence-electron chi connectivity index (χ0n) is 11.4. The number of H-pyrrole nitrogens is 2. The van der Waals surface area contributed by atoms with E-state index in [4.69, 9.17) is 5.73 Å². The van der Waals surface area contributed by atoms with Crippen LogP contribution in [0.15, 0.2) is 35.6 Å². The predicted molar refractivity (Wildman–Crippen MR) is 78.4 cm³/mol. The van der Waals surface area contributed by atoms with Crippen LogP contribution in [0.4, 0.5) is 0 Å². The van der Waals surface area contributed by atoms with Gasteiger partial charge in [0.1, 0.15) is 5.82 Å². The molecule has 21 heavy (non-hydrogen) atoms. The Kier molecular flexibility index (Phi) is 3.26. The number of nitrogens with two attached hydrogens (primary N) is 1. The second-order valence-corrected chi connectivity index (χ2v) is 6.98. The van der Waals surface area contributed by atoms with Crippen LogP contribution in [0.1, 0.15) is 17.6 Å². The molecule has 0 radical (unpaired) electrons. The molecule has 0 aliphatic rings. The molecular formula is C13H15N5O2S. The second-order valence-electron chi connectivity index (χ2n) is 4.96. The van der Waals surface area contributed by atoms with Crippen LogP contribution in [0.2, 0.25) is 0 Å². The standard InChI is InChI=1S/C13H15N5O2S/c1-21(19,20)9-2-3-11-12(5-9)18-13(17-11)10(14)4-8-6-15-7-16-8/h2-3,5-7,10H,4,14H2,1H3,(H,15,16)(H,17,18). The zero-order chi connectivity index (χ0) is 15.0. The van der Waals surface area contributed by atoms with Gasteiger partial charge in [-0.3, -0.25) is 0 Å². The fourth-order valence-electron chi connectivity index (χ4n) is 2.14. The van der Waals surface area contributed by atoms with Gasteiger partial charge in [0, 0.05) is 24.6 Å². The second kappa shape index (κ2) is 4.97. The van der Waals surface area contributed by atoms with Crippen molar-refractivity contribution in [2.75, 3.05) is 6.26 Å². The number of sulfone groups is 1. The quantitative estimate of drug-likeness (QED) is 0.663. The van der Waals surface area contributed by atoms with Crippen molar-refractivity contribution < 1.29 is 8.42 Å². The van der Waals surface area contributed by atoms with E-state index in [0.717, 1.165) is 5.69 Å². The third-order valence-electron chi connectivity index (χ3n) is 3.25. The van der Waals surface area contributed by atoms with Crippen LogP contribution in [0.3, 0.4) is 0 Å². The minimum absolute atomic E-state index is 0.257. The van der Waals surface area contributed by atoms with Gasteiger partial charge in [-0.1, -0.05) is 0 Å². The predicted octanol–water partition coefficient (Wildman–Crippen LogP) is 0.932. The van der Waals surface area contributed by atoms with Crippen LogP contribution in [-0.4, -0.2) is 34.6 Å². The molecule has 7 nitrogen and oxygen atoms in total. The van der Waals surface area contributed by atoms with E-state index in [2.05, 4.69) is 19.9 Å². The largest absolute Gasteiger partial charge is 0.348 e. The van der Waals surface area contributed by atoms with E-state index >= 15 is 0 Å². The van der Waals surface area contributed by atoms with Crippen LogP contribution in [0.25, 0.3) is 11.0 Å². The maximum Gasteiger partial charge on any atom is 0.175 e. The Labute approximate surface area is 121 Å². The summed E-state index contributed by atoms with van der Waals surface area (Å²) in [7, 11) is -3.24. The normalized spacial score (nSPS) is 13.6. The van der Waals surface area contributed by atoms with Gasteiger partial charge < -0.3 is 15.7 Å². The Balaban J connectivity index is 1.93. The Morgan fingerprint density at radius 1 is 1.38 bits per heavy atom. The van der Waals surface area contributed by atoms with Gasteiger partial charge in [-0.15, -0.1) is 0 Å². The molecule has 110 valence electrons. The first-order chi connectivity index (χ1) is 9.93. The highest BCUT2D eigenvalue weighted by Gasteiger charge is 2.14. The maximum absolute atomic E-state index is 11.6. The molecule has 4 N–H and O–H groups in total. The van der Waals surface area contributed by atoms with E-state index in [1.807, 2.05) is 0 Å². The van der Waals surface area contributed by atoms with E-state index in [1.165, 1.54) is 6.26 Å². The number of hydrogen-bond donors (Lipinski definition) is 3. The summed E-state index contributed by atoms with van der Waals surface area (Å²) in [5.74, 6) is 0.616. The van der Waals surface area contributed by atoms with Crippen molar-refractivity contribution in [1.82, 2.24) is 19.9 Å². The molecule has 0 aliphatic carbocycles. The molecule has 0 amide bonds. The number of nitrogens with zero attached hydrogens (tertiary/aromatic N) is 2. The summed E-state index contributed by atoms with van der Waals surface area (Å²) in [5, 5.41) is 0. The molecule has 8 heteroatoms. The summed E-state index contributed by atoms with van der Waals surface area (Å²) in [4.78, 5) is 14.7. The number of imidazole rings is 2. The number of aromatic nitrogens is 4. The number of hydrogen-bond acceptors (Lipinski definition) is 5. The fourth-order valence-corrected chi connectivity index (χ4v) is 2.79. The number of aromatic amines is 2. The van der Waals surface area contributed by atoms with Gasteiger partial charge in [0.15, 0.2) is 9.84 Å². The monoisotopic (exact) mass is 305 g/mol. The average molecular weight is 305 g/mol. The van der Waals surface area contributed by atoms with Crippen molar-refractivity contribution in [2.24, 2.45) is 5.73 Å². The van der Waals surface area contributed by atoms with E-state index in [9.17, 15) is 8.42 Å². The van der Waals surface area contributed by atoms with Gasteiger partial charge in [-0.05, 0) is 18.2 Å². The highest BCUT2D eigenvalue weighted by Crippen LogP contribution is 2.20. The molecular weight excluding hydrogens is 290 g/mol. The summed E-state index contributed by atoms with van der Waals surface area (Å²) >= 11 is 0. The number of nitrogens with one attached hydrogen (secondary N) is 2. The van der Waals surface area contributed by atoms with Gasteiger partial charge in [0.25, 0.3) is 0 Å². The van der Waals surface area contributed by atoms with Crippen LogP contribution in [0, 0.1) is 0 Å². The molecule has 2 aromatic heterocycles. The minimum Gasteiger partial charge on any atom is -0.348 e. The lowest BCUT2D eigenvalue weighted by Crippen LogP contribution is -2.15. The highest BCUT2D eigenvalue weighted by molar-refractivity contribution is 7.90. The van der Waals surface area contributed by atoms with Crippen molar-refractivity contribution in [3.63, 3.8) is 0 Å². The van der Waals surface area contributed by atoms with E-state index < -0.39 is 9.84 Å². The third-order valence-corrected chi connectivity index (χ3v) is 4.36. The lowest BCUT2D eigenvalue weighted by atomic mass is 10.2. The van der Waals surface area contributed by atoms with Crippen molar-refractivity contribution in [1.29, 1.82) is 0 Å². The van der Waals surface area contributed by atoms with E-state index in [1.54, 1.807) is 30.7 Å². The molecule has 1 atom stereocenters. The molecule has 0 saturated heterocycles. The topological polar surface area (TPSA) is 118 Å². The smallest absolute Gasteiger partial charge is 0.175 e. The molecule has 2 heterocycles. The Morgan fingerprint density at radius 2 is 2.19 bits per heavy atom. The van der Waals surface area contributed by atoms with Crippen molar-refractivity contribution in [3.8, 4) is 0 Å². The van der Waals surface area contributed by atoms with Gasteiger partial charge in [0.05, 0.1) is 28.3 Å². The lowest BCUT2D eigenvalue weighted by Gasteiger charge is -2.06. The molecule has 1 aromatic carbocycles. The maximum atomic E-state index is 11.6. The van der Waals surface area contributed by atoms with E-state index in [0.29, 0.717) is 23.3 Å². The molecule has 1 unspecified atom stereocenters. The van der Waals surface area contributed by atoms with Gasteiger partial charge >= 0.3 is 0 Å². The average Bonchev–Trinajstić information content (AvgIpc) is 3.04. The Morgan fingerprint density at radius 3 is 2.86 bits per heavy atom. The van der Waals surface area contributed by atoms with E-state index in [-0.39, 0.29) is 10.9 Å². The summed E-state index contributed by atoms with van der Waals surface area (Å²) in [6, 6.07) is 4.47. The molecule has 0 saturated carbocycles. The molecule has 0 bridgehead atoms. The molecule has 3 rings (SSSR count). The van der Waals surface area contributed by atoms with Gasteiger partial charge in [-0.2, -0.15) is 0 Å². The first-order valence-electron chi connectivity index (χ1n) is 6.36. The van der Waals surface area contributed by atoms with Crippen LogP contribution in [-0.2, 0) is 16.3 Å². The van der Waals surface area contributed by atoms with Crippen molar-refractivity contribution in [2.45, 2.75) is 17.4 Å². The lowest BCUT2D eigenvalue weighted by molar-refractivity contribution is 0.602. The highest BCUT2D eigenvalue weighted by atomic mass is 32.2. The van der Waals surface area contributed by atoms with Gasteiger partial charge in [-0.25, -0.2) is 18.4 Å². The zero-order valence-corrected chi connectivity index (χ0v) is 12.2. The van der Waals surface area contributed by atoms with Crippen molar-refractivity contribution >= 4 is 20.9 Å². The Bertz CT molecular complexity index is 867. The number of benzene rings is 1. The first kappa shape index (κ1) is 13.8. The summed E-state index contributed by atoms with van der Waals surface area (Å²) < 4.78 is 23.1. The fraction of sp³-hybridized carbons (Fsp3) is 0.231. The number of fused-ring (bicyclic) bond motifs is 1.